The van der Waals surface area contributed by atoms with Gasteiger partial charge < -0.3 is 15.7 Å². The number of nitrogens with one attached hydrogen (secondary N) is 2. The molecule has 0 unspecified atom stereocenters. The maximum Gasteiger partial charge on any atom is 0.326 e. The van der Waals surface area contributed by atoms with Gasteiger partial charge in [0.05, 0.1) is 0 Å². The first-order valence-electron chi connectivity index (χ1n) is 6.52. The van der Waals surface area contributed by atoms with Crippen LogP contribution >= 0.6 is 0 Å². The smallest absolute Gasteiger partial charge is 0.326 e. The number of benzene rings is 1. The molecule has 1 atom stereocenters. The standard InChI is InChI=1S/C15H20N2O4/c1-9(18)10-5-7-11(8-6-10)16-14(21)17-12(13(19)20)15(2,3)4/h5-8,12H,1-4H3,(H,19,20)(H2,16,17,21)/t12-/m0/s1. The van der Waals surface area contributed by atoms with Crippen LogP contribution in [-0.2, 0) is 4.79 Å². The van der Waals surface area contributed by atoms with Gasteiger partial charge in [-0.2, -0.15) is 0 Å². The lowest BCUT2D eigenvalue weighted by atomic mass is 9.87. The SMILES string of the molecule is CC(=O)c1ccc(NC(=O)N[C@@H](C(=O)O)C(C)(C)C)cc1. The Hall–Kier alpha value is -2.37. The van der Waals surface area contributed by atoms with E-state index in [1.54, 1.807) is 45.0 Å². The van der Waals surface area contributed by atoms with Crippen LogP contribution in [0.1, 0.15) is 38.1 Å². The van der Waals surface area contributed by atoms with Gasteiger partial charge in [-0.25, -0.2) is 9.59 Å². The van der Waals surface area contributed by atoms with Gasteiger partial charge in [0.25, 0.3) is 0 Å². The molecule has 0 aliphatic rings. The van der Waals surface area contributed by atoms with Gasteiger partial charge >= 0.3 is 12.0 Å². The zero-order valence-electron chi connectivity index (χ0n) is 12.6. The quantitative estimate of drug-likeness (QED) is 0.743. The minimum Gasteiger partial charge on any atom is -0.480 e. The summed E-state index contributed by atoms with van der Waals surface area (Å²) in [5.74, 6) is -1.16. The highest BCUT2D eigenvalue weighted by Gasteiger charge is 2.32. The Kier molecular flexibility index (Phi) is 5.07. The fourth-order valence-electron chi connectivity index (χ4n) is 1.74. The fraction of sp³-hybridized carbons (Fsp3) is 0.400. The average Bonchev–Trinajstić information content (AvgIpc) is 2.35. The Morgan fingerprint density at radius 3 is 2.00 bits per heavy atom. The predicted molar refractivity (Wildman–Crippen MR) is 79.5 cm³/mol. The minimum atomic E-state index is -1.09. The van der Waals surface area contributed by atoms with Crippen LogP contribution in [0.25, 0.3) is 0 Å². The summed E-state index contributed by atoms with van der Waals surface area (Å²) < 4.78 is 0. The van der Waals surface area contributed by atoms with E-state index in [1.165, 1.54) is 6.92 Å². The maximum atomic E-state index is 11.8. The molecule has 0 bridgehead atoms. The summed E-state index contributed by atoms with van der Waals surface area (Å²) in [6, 6.07) is 4.75. The number of hydrogen-bond acceptors (Lipinski definition) is 3. The minimum absolute atomic E-state index is 0.0651. The number of rotatable bonds is 4. The van der Waals surface area contributed by atoms with E-state index in [0.29, 0.717) is 11.3 Å². The molecular weight excluding hydrogens is 272 g/mol. The number of urea groups is 1. The van der Waals surface area contributed by atoms with Gasteiger partial charge in [0, 0.05) is 11.3 Å². The number of amides is 2. The number of anilines is 1. The molecule has 1 aromatic carbocycles. The van der Waals surface area contributed by atoms with Crippen LogP contribution in [-0.4, -0.2) is 28.9 Å². The highest BCUT2D eigenvalue weighted by molar-refractivity contribution is 5.96. The van der Waals surface area contributed by atoms with Crippen LogP contribution in [0, 0.1) is 5.41 Å². The number of carboxylic acids is 1. The van der Waals surface area contributed by atoms with Gasteiger partial charge in [0.1, 0.15) is 6.04 Å². The maximum absolute atomic E-state index is 11.8. The lowest BCUT2D eigenvalue weighted by Gasteiger charge is -2.27. The fourth-order valence-corrected chi connectivity index (χ4v) is 1.74. The summed E-state index contributed by atoms with van der Waals surface area (Å²) in [4.78, 5) is 34.2. The van der Waals surface area contributed by atoms with Gasteiger partial charge in [0.15, 0.2) is 5.78 Å². The third-order valence-electron chi connectivity index (χ3n) is 2.94. The van der Waals surface area contributed by atoms with Crippen LogP contribution < -0.4 is 10.6 Å². The van der Waals surface area contributed by atoms with Crippen molar-refractivity contribution in [1.29, 1.82) is 0 Å². The molecule has 3 N–H and O–H groups in total. The van der Waals surface area contributed by atoms with Gasteiger partial charge in [-0.05, 0) is 36.6 Å². The van der Waals surface area contributed by atoms with Crippen LogP contribution in [0.3, 0.4) is 0 Å². The van der Waals surface area contributed by atoms with Crippen molar-refractivity contribution in [2.45, 2.75) is 33.7 Å². The molecule has 114 valence electrons. The van der Waals surface area contributed by atoms with E-state index in [2.05, 4.69) is 10.6 Å². The number of carbonyl (C=O) groups is 3. The highest BCUT2D eigenvalue weighted by atomic mass is 16.4. The highest BCUT2D eigenvalue weighted by Crippen LogP contribution is 2.19. The lowest BCUT2D eigenvalue weighted by Crippen LogP contribution is -2.50. The van der Waals surface area contributed by atoms with Crippen molar-refractivity contribution in [1.82, 2.24) is 5.32 Å². The number of aliphatic carboxylic acids is 1. The van der Waals surface area contributed by atoms with E-state index in [4.69, 9.17) is 5.11 Å². The van der Waals surface area contributed by atoms with Crippen molar-refractivity contribution < 1.29 is 19.5 Å². The second kappa shape index (κ2) is 6.39. The van der Waals surface area contributed by atoms with Crippen LogP contribution in [0.15, 0.2) is 24.3 Å². The molecule has 0 heterocycles. The number of carbonyl (C=O) groups excluding carboxylic acids is 2. The molecule has 1 aromatic rings. The molecule has 0 aliphatic heterocycles. The van der Waals surface area contributed by atoms with Crippen molar-refractivity contribution in [3.63, 3.8) is 0 Å². The summed E-state index contributed by atoms with van der Waals surface area (Å²) in [7, 11) is 0. The third-order valence-corrected chi connectivity index (χ3v) is 2.94. The zero-order chi connectivity index (χ0) is 16.2. The molecule has 0 spiro atoms. The van der Waals surface area contributed by atoms with Crippen molar-refractivity contribution in [2.24, 2.45) is 5.41 Å². The second-order valence-electron chi connectivity index (χ2n) is 5.87. The summed E-state index contributed by atoms with van der Waals surface area (Å²) in [5, 5.41) is 14.1. The molecule has 1 rings (SSSR count). The van der Waals surface area contributed by atoms with Crippen LogP contribution in [0.4, 0.5) is 10.5 Å². The molecule has 0 saturated heterocycles. The Morgan fingerprint density at radius 1 is 1.10 bits per heavy atom. The first-order valence-corrected chi connectivity index (χ1v) is 6.52. The van der Waals surface area contributed by atoms with Crippen molar-refractivity contribution in [3.05, 3.63) is 29.8 Å². The number of ketones is 1. The molecule has 21 heavy (non-hydrogen) atoms. The Morgan fingerprint density at radius 2 is 1.62 bits per heavy atom. The normalized spacial score (nSPS) is 12.4. The van der Waals surface area contributed by atoms with Crippen molar-refractivity contribution in [3.8, 4) is 0 Å². The van der Waals surface area contributed by atoms with E-state index in [1.807, 2.05) is 0 Å². The van der Waals surface area contributed by atoms with Gasteiger partial charge in [-0.15, -0.1) is 0 Å². The van der Waals surface area contributed by atoms with Crippen molar-refractivity contribution in [2.75, 3.05) is 5.32 Å². The molecule has 0 radical (unpaired) electrons. The van der Waals surface area contributed by atoms with E-state index in [0.717, 1.165) is 0 Å². The molecular formula is C15H20N2O4. The second-order valence-corrected chi connectivity index (χ2v) is 5.87. The van der Waals surface area contributed by atoms with E-state index >= 15 is 0 Å². The number of Topliss-reactive ketones (excluding diaryl/α,β-unsaturated/α-hetero) is 1. The van der Waals surface area contributed by atoms with Gasteiger partial charge in [-0.3, -0.25) is 4.79 Å². The molecule has 0 saturated carbocycles. The summed E-state index contributed by atoms with van der Waals surface area (Å²) in [5.41, 5.74) is 0.413. The van der Waals surface area contributed by atoms with Crippen molar-refractivity contribution >= 4 is 23.5 Å². The third kappa shape index (κ3) is 4.91. The van der Waals surface area contributed by atoms with E-state index < -0.39 is 23.5 Å². The molecule has 6 nitrogen and oxygen atoms in total. The van der Waals surface area contributed by atoms with E-state index in [9.17, 15) is 14.4 Å². The summed E-state index contributed by atoms with van der Waals surface area (Å²) >= 11 is 0. The molecule has 0 aliphatic carbocycles. The number of carboxylic acid groups (broad SMARTS) is 1. The van der Waals surface area contributed by atoms with Gasteiger partial charge in [0.2, 0.25) is 0 Å². The monoisotopic (exact) mass is 292 g/mol. The Balaban J connectivity index is 2.72. The predicted octanol–water partition coefficient (Wildman–Crippen LogP) is 2.51. The Bertz CT molecular complexity index is 544. The molecule has 6 heteroatoms. The van der Waals surface area contributed by atoms with E-state index in [-0.39, 0.29) is 5.78 Å². The molecule has 2 amide bonds. The lowest BCUT2D eigenvalue weighted by molar-refractivity contribution is -0.141. The molecule has 0 aromatic heterocycles. The largest absolute Gasteiger partial charge is 0.480 e. The first kappa shape index (κ1) is 16.7. The summed E-state index contributed by atoms with van der Waals surface area (Å²) in [6.07, 6.45) is 0. The van der Waals surface area contributed by atoms with Crippen LogP contribution in [0.5, 0.6) is 0 Å². The van der Waals surface area contributed by atoms with Gasteiger partial charge in [-0.1, -0.05) is 20.8 Å². The zero-order valence-corrected chi connectivity index (χ0v) is 12.6. The number of hydrogen-bond donors (Lipinski definition) is 3. The summed E-state index contributed by atoms with van der Waals surface area (Å²) in [6.45, 7) is 6.64. The topological polar surface area (TPSA) is 95.5 Å². The van der Waals surface area contributed by atoms with Crippen LogP contribution in [0.2, 0.25) is 0 Å². The molecule has 0 fully saturated rings. The Labute approximate surface area is 123 Å². The first-order chi connectivity index (χ1) is 9.61. The average molecular weight is 292 g/mol.